The van der Waals surface area contributed by atoms with E-state index in [0.717, 1.165) is 5.56 Å². The minimum absolute atomic E-state index is 0.182. The molecular weight excluding hydrogens is 254 g/mol. The van der Waals surface area contributed by atoms with E-state index in [1.165, 1.54) is 6.33 Å². The third-order valence-corrected chi connectivity index (χ3v) is 3.22. The van der Waals surface area contributed by atoms with Gasteiger partial charge in [-0.1, -0.05) is 25.4 Å². The molecule has 2 N–H and O–H groups in total. The number of nitrogens with one attached hydrogen (secondary N) is 1. The lowest BCUT2D eigenvalue weighted by Crippen LogP contribution is -2.26. The quantitative estimate of drug-likeness (QED) is 0.823. The van der Waals surface area contributed by atoms with E-state index in [0.29, 0.717) is 23.3 Å². The second-order valence-electron chi connectivity index (χ2n) is 4.54. The topological polar surface area (TPSA) is 75.3 Å². The van der Waals surface area contributed by atoms with Crippen molar-refractivity contribution in [2.45, 2.75) is 26.9 Å². The second-order valence-corrected chi connectivity index (χ2v) is 4.90. The SMILES string of the molecule is Cc1c(Cl)nc2ncnn2c1NCC(O)C(C)C. The summed E-state index contributed by atoms with van der Waals surface area (Å²) in [6.45, 7) is 6.20. The first kappa shape index (κ1) is 13.0. The molecule has 98 valence electrons. The van der Waals surface area contributed by atoms with Crippen molar-refractivity contribution < 1.29 is 5.11 Å². The van der Waals surface area contributed by atoms with Gasteiger partial charge in [0.1, 0.15) is 17.3 Å². The Kier molecular flexibility index (Phi) is 3.68. The van der Waals surface area contributed by atoms with Crippen LogP contribution in [-0.2, 0) is 0 Å². The highest BCUT2D eigenvalue weighted by molar-refractivity contribution is 6.30. The summed E-state index contributed by atoms with van der Waals surface area (Å²) in [7, 11) is 0. The molecule has 0 saturated carbocycles. The van der Waals surface area contributed by atoms with E-state index in [4.69, 9.17) is 11.6 Å². The number of hydrogen-bond donors (Lipinski definition) is 2. The Morgan fingerprint density at radius 3 is 2.89 bits per heavy atom. The highest BCUT2D eigenvalue weighted by atomic mass is 35.5. The molecule has 0 bridgehead atoms. The summed E-state index contributed by atoms with van der Waals surface area (Å²) in [6, 6.07) is 0. The maximum atomic E-state index is 9.81. The van der Waals surface area contributed by atoms with E-state index in [1.807, 2.05) is 20.8 Å². The molecular formula is C11H16ClN5O. The molecule has 0 aromatic carbocycles. The Hall–Kier alpha value is -1.40. The molecule has 7 heteroatoms. The molecule has 2 aromatic heterocycles. The molecule has 0 radical (unpaired) electrons. The van der Waals surface area contributed by atoms with Crippen molar-refractivity contribution in [3.8, 4) is 0 Å². The summed E-state index contributed by atoms with van der Waals surface area (Å²) in [6.07, 6.45) is 0.984. The van der Waals surface area contributed by atoms with Gasteiger partial charge in [0.05, 0.1) is 6.10 Å². The van der Waals surface area contributed by atoms with Crippen LogP contribution in [-0.4, -0.2) is 37.3 Å². The number of rotatable bonds is 4. The molecule has 0 amide bonds. The van der Waals surface area contributed by atoms with Gasteiger partial charge in [0.15, 0.2) is 0 Å². The van der Waals surface area contributed by atoms with Crippen LogP contribution in [0.1, 0.15) is 19.4 Å². The molecule has 0 fully saturated rings. The van der Waals surface area contributed by atoms with Crippen LogP contribution in [0.2, 0.25) is 5.15 Å². The van der Waals surface area contributed by atoms with Crippen LogP contribution >= 0.6 is 11.6 Å². The molecule has 2 aromatic rings. The van der Waals surface area contributed by atoms with E-state index in [9.17, 15) is 5.11 Å². The number of fused-ring (bicyclic) bond motifs is 1. The summed E-state index contributed by atoms with van der Waals surface area (Å²) < 4.78 is 1.58. The van der Waals surface area contributed by atoms with Crippen LogP contribution < -0.4 is 5.32 Å². The molecule has 2 heterocycles. The van der Waals surface area contributed by atoms with Crippen LogP contribution in [0.15, 0.2) is 6.33 Å². The third-order valence-electron chi connectivity index (χ3n) is 2.85. The van der Waals surface area contributed by atoms with Gasteiger partial charge in [0, 0.05) is 12.1 Å². The monoisotopic (exact) mass is 269 g/mol. The first-order chi connectivity index (χ1) is 8.50. The Labute approximate surface area is 110 Å². The lowest BCUT2D eigenvalue weighted by molar-refractivity contribution is 0.138. The highest BCUT2D eigenvalue weighted by Crippen LogP contribution is 2.22. The number of anilines is 1. The zero-order chi connectivity index (χ0) is 13.3. The smallest absolute Gasteiger partial charge is 0.255 e. The molecule has 18 heavy (non-hydrogen) atoms. The van der Waals surface area contributed by atoms with Crippen molar-refractivity contribution in [1.29, 1.82) is 0 Å². The summed E-state index contributed by atoms with van der Waals surface area (Å²) in [4.78, 5) is 8.11. The Bertz CT molecular complexity index is 554. The van der Waals surface area contributed by atoms with Gasteiger partial charge in [-0.25, -0.2) is 0 Å². The van der Waals surface area contributed by atoms with Crippen molar-refractivity contribution in [1.82, 2.24) is 19.6 Å². The van der Waals surface area contributed by atoms with Gasteiger partial charge >= 0.3 is 0 Å². The molecule has 0 aliphatic rings. The van der Waals surface area contributed by atoms with Crippen molar-refractivity contribution in [2.75, 3.05) is 11.9 Å². The van der Waals surface area contributed by atoms with E-state index in [1.54, 1.807) is 4.52 Å². The number of aromatic nitrogens is 4. The van der Waals surface area contributed by atoms with Crippen molar-refractivity contribution in [2.24, 2.45) is 5.92 Å². The van der Waals surface area contributed by atoms with Gasteiger partial charge in [-0.3, -0.25) is 0 Å². The van der Waals surface area contributed by atoms with Crippen LogP contribution in [0.5, 0.6) is 0 Å². The maximum Gasteiger partial charge on any atom is 0.255 e. The summed E-state index contributed by atoms with van der Waals surface area (Å²) in [5.41, 5.74) is 0.783. The Balaban J connectivity index is 2.31. The van der Waals surface area contributed by atoms with E-state index < -0.39 is 6.10 Å². The predicted octanol–water partition coefficient (Wildman–Crippen LogP) is 1.51. The third kappa shape index (κ3) is 2.39. The number of aliphatic hydroxyl groups is 1. The van der Waals surface area contributed by atoms with E-state index >= 15 is 0 Å². The van der Waals surface area contributed by atoms with Gasteiger partial charge in [0.25, 0.3) is 5.78 Å². The van der Waals surface area contributed by atoms with Crippen LogP contribution in [0, 0.1) is 12.8 Å². The fourth-order valence-electron chi connectivity index (χ4n) is 1.54. The summed E-state index contributed by atoms with van der Waals surface area (Å²) in [5.74, 6) is 1.33. The Morgan fingerprint density at radius 2 is 2.22 bits per heavy atom. The maximum absolute atomic E-state index is 9.81. The average Bonchev–Trinajstić information content (AvgIpc) is 2.76. The summed E-state index contributed by atoms with van der Waals surface area (Å²) >= 11 is 6.03. The van der Waals surface area contributed by atoms with Gasteiger partial charge in [-0.05, 0) is 12.8 Å². The first-order valence-corrected chi connectivity index (χ1v) is 6.16. The van der Waals surface area contributed by atoms with Gasteiger partial charge in [0.2, 0.25) is 0 Å². The molecule has 6 nitrogen and oxygen atoms in total. The minimum atomic E-state index is -0.435. The molecule has 0 spiro atoms. The van der Waals surface area contributed by atoms with Crippen molar-refractivity contribution in [3.05, 3.63) is 17.0 Å². The average molecular weight is 270 g/mol. The Morgan fingerprint density at radius 1 is 1.50 bits per heavy atom. The van der Waals surface area contributed by atoms with Crippen LogP contribution in [0.25, 0.3) is 5.78 Å². The fraction of sp³-hybridized carbons (Fsp3) is 0.545. The number of halogens is 1. The van der Waals surface area contributed by atoms with Crippen molar-refractivity contribution in [3.63, 3.8) is 0 Å². The van der Waals surface area contributed by atoms with Gasteiger partial charge < -0.3 is 10.4 Å². The lowest BCUT2D eigenvalue weighted by Gasteiger charge is -2.17. The predicted molar refractivity (Wildman–Crippen MR) is 69.9 cm³/mol. The molecule has 1 atom stereocenters. The summed E-state index contributed by atoms with van der Waals surface area (Å²) in [5, 5.41) is 17.4. The van der Waals surface area contributed by atoms with Crippen LogP contribution in [0.4, 0.5) is 5.82 Å². The first-order valence-electron chi connectivity index (χ1n) is 5.78. The molecule has 1 unspecified atom stereocenters. The minimum Gasteiger partial charge on any atom is -0.391 e. The normalized spacial score (nSPS) is 13.2. The van der Waals surface area contributed by atoms with Crippen molar-refractivity contribution >= 4 is 23.2 Å². The van der Waals surface area contributed by atoms with Gasteiger partial charge in [-0.2, -0.15) is 19.6 Å². The largest absolute Gasteiger partial charge is 0.391 e. The molecule has 0 aliphatic heterocycles. The van der Waals surface area contributed by atoms with E-state index in [2.05, 4.69) is 20.4 Å². The molecule has 0 saturated heterocycles. The zero-order valence-corrected chi connectivity index (χ0v) is 11.3. The molecule has 0 aliphatic carbocycles. The standard InChI is InChI=1S/C11H16ClN5O/c1-6(2)8(18)4-13-10-7(3)9(12)16-11-14-5-15-17(10)11/h5-6,8,13,18H,4H2,1-3H3. The number of hydrogen-bond acceptors (Lipinski definition) is 5. The molecule has 2 rings (SSSR count). The fourth-order valence-corrected chi connectivity index (χ4v) is 1.71. The lowest BCUT2D eigenvalue weighted by atomic mass is 10.1. The second kappa shape index (κ2) is 5.07. The van der Waals surface area contributed by atoms with Crippen LogP contribution in [0.3, 0.4) is 0 Å². The number of nitrogens with zero attached hydrogens (tertiary/aromatic N) is 4. The zero-order valence-electron chi connectivity index (χ0n) is 10.6. The highest BCUT2D eigenvalue weighted by Gasteiger charge is 2.14. The van der Waals surface area contributed by atoms with E-state index in [-0.39, 0.29) is 5.92 Å². The number of aliphatic hydroxyl groups excluding tert-OH is 1. The van der Waals surface area contributed by atoms with Gasteiger partial charge in [-0.15, -0.1) is 0 Å².